The van der Waals surface area contributed by atoms with Crippen LogP contribution in [0, 0.1) is 0 Å². The lowest BCUT2D eigenvalue weighted by molar-refractivity contribution is -0.134. The molecule has 2 atom stereocenters. The van der Waals surface area contributed by atoms with E-state index in [1.165, 1.54) is 12.1 Å². The van der Waals surface area contributed by atoms with Crippen LogP contribution >= 0.6 is 11.8 Å². The van der Waals surface area contributed by atoms with Gasteiger partial charge in [0.15, 0.2) is 0 Å². The van der Waals surface area contributed by atoms with E-state index in [1.54, 1.807) is 7.11 Å². The summed E-state index contributed by atoms with van der Waals surface area (Å²) in [5, 5.41) is 0.168. The number of rotatable bonds is 4. The summed E-state index contributed by atoms with van der Waals surface area (Å²) in [6, 6.07) is 0.0729. The molecule has 3 rings (SSSR count). The van der Waals surface area contributed by atoms with E-state index in [0.29, 0.717) is 12.5 Å². The molecule has 0 N–H and O–H groups in total. The van der Waals surface area contributed by atoms with Crippen LogP contribution in [-0.4, -0.2) is 51.6 Å². The Morgan fingerprint density at radius 2 is 2.38 bits per heavy atom. The molecule has 0 bridgehead atoms. The average molecular weight is 309 g/mol. The van der Waals surface area contributed by atoms with Gasteiger partial charge in [-0.05, 0) is 25.5 Å². The zero-order chi connectivity index (χ0) is 14.8. The van der Waals surface area contributed by atoms with Gasteiger partial charge in [0.25, 0.3) is 0 Å². The zero-order valence-electron chi connectivity index (χ0n) is 12.7. The summed E-state index contributed by atoms with van der Waals surface area (Å²) in [6.45, 7) is 4.44. The minimum atomic E-state index is 0.0729. The first-order valence-corrected chi connectivity index (χ1v) is 8.72. The second kappa shape index (κ2) is 6.40. The Balaban J connectivity index is 1.74. The Labute approximate surface area is 130 Å². The summed E-state index contributed by atoms with van der Waals surface area (Å²) in [6.07, 6.45) is 5.01. The van der Waals surface area contributed by atoms with E-state index in [2.05, 4.69) is 16.5 Å². The largest absolute Gasteiger partial charge is 0.384 e. The quantitative estimate of drug-likeness (QED) is 0.852. The van der Waals surface area contributed by atoms with E-state index < -0.39 is 0 Å². The maximum absolute atomic E-state index is 12.6. The molecule has 6 heteroatoms. The van der Waals surface area contributed by atoms with Gasteiger partial charge in [-0.1, -0.05) is 0 Å². The highest BCUT2D eigenvalue weighted by Crippen LogP contribution is 2.32. The Morgan fingerprint density at radius 3 is 3.10 bits per heavy atom. The van der Waals surface area contributed by atoms with Crippen LogP contribution in [0.15, 0.2) is 6.20 Å². The molecule has 3 heterocycles. The first kappa shape index (κ1) is 14.9. The topological polar surface area (TPSA) is 47.4 Å². The van der Waals surface area contributed by atoms with Crippen LogP contribution in [0.5, 0.6) is 0 Å². The number of fused-ring (bicyclic) bond motifs is 1. The predicted molar refractivity (Wildman–Crippen MR) is 83.4 cm³/mol. The smallest absolute Gasteiger partial charge is 0.236 e. The Kier molecular flexibility index (Phi) is 4.54. The number of carbonyl (C=O) groups excluding carboxylic acids is 1. The number of aromatic nitrogens is 2. The van der Waals surface area contributed by atoms with Crippen LogP contribution in [0.2, 0.25) is 0 Å². The molecule has 1 amide bonds. The van der Waals surface area contributed by atoms with Crippen molar-refractivity contribution in [3.8, 4) is 0 Å². The molecule has 1 saturated heterocycles. The summed E-state index contributed by atoms with van der Waals surface area (Å²) in [5.74, 6) is 2.44. The molecular weight excluding hydrogens is 286 g/mol. The highest BCUT2D eigenvalue weighted by molar-refractivity contribution is 8.00. The number of nitrogens with zero attached hydrogens (tertiary/aromatic N) is 3. The van der Waals surface area contributed by atoms with E-state index in [0.717, 1.165) is 37.5 Å². The summed E-state index contributed by atoms with van der Waals surface area (Å²) in [4.78, 5) is 19.2. The fourth-order valence-corrected chi connectivity index (χ4v) is 4.45. The number of imidazole rings is 1. The SMILES string of the molecule is COCCc1cnc2n1CCN(C(=O)[C@H]1CCCS1)[C@H]2C. The summed E-state index contributed by atoms with van der Waals surface area (Å²) >= 11 is 1.81. The summed E-state index contributed by atoms with van der Waals surface area (Å²) < 4.78 is 7.41. The molecule has 1 aromatic heterocycles. The molecule has 0 radical (unpaired) electrons. The number of ether oxygens (including phenoxy) is 1. The lowest BCUT2D eigenvalue weighted by Crippen LogP contribution is -2.44. The Hall–Kier alpha value is -1.01. The van der Waals surface area contributed by atoms with E-state index in [-0.39, 0.29) is 11.3 Å². The van der Waals surface area contributed by atoms with Crippen molar-refractivity contribution in [3.05, 3.63) is 17.7 Å². The maximum Gasteiger partial charge on any atom is 0.236 e. The third-order valence-electron chi connectivity index (χ3n) is 4.43. The number of methoxy groups -OCH3 is 1. The Bertz CT molecular complexity index is 511. The first-order chi connectivity index (χ1) is 10.2. The monoisotopic (exact) mass is 309 g/mol. The number of carbonyl (C=O) groups is 1. The normalized spacial score (nSPS) is 25.1. The van der Waals surface area contributed by atoms with Crippen molar-refractivity contribution in [3.63, 3.8) is 0 Å². The second-order valence-corrected chi connectivity index (χ2v) is 7.02. The molecule has 1 fully saturated rings. The minimum absolute atomic E-state index is 0.0729. The molecule has 116 valence electrons. The van der Waals surface area contributed by atoms with Crippen molar-refractivity contribution in [1.29, 1.82) is 0 Å². The molecule has 0 saturated carbocycles. The molecular formula is C15H23N3O2S. The maximum atomic E-state index is 12.6. The molecule has 21 heavy (non-hydrogen) atoms. The van der Waals surface area contributed by atoms with E-state index >= 15 is 0 Å². The predicted octanol–water partition coefficient (Wildman–Crippen LogP) is 1.87. The lowest BCUT2D eigenvalue weighted by atomic mass is 10.1. The van der Waals surface area contributed by atoms with Crippen molar-refractivity contribution < 1.29 is 9.53 Å². The third-order valence-corrected chi connectivity index (χ3v) is 5.79. The first-order valence-electron chi connectivity index (χ1n) is 7.67. The molecule has 1 aromatic rings. The highest BCUT2D eigenvalue weighted by Gasteiger charge is 2.35. The van der Waals surface area contributed by atoms with Gasteiger partial charge in [0, 0.05) is 38.5 Å². The fraction of sp³-hybridized carbons (Fsp3) is 0.733. The van der Waals surface area contributed by atoms with Gasteiger partial charge in [0.05, 0.1) is 17.9 Å². The van der Waals surface area contributed by atoms with Crippen molar-refractivity contribution in [1.82, 2.24) is 14.5 Å². The van der Waals surface area contributed by atoms with Crippen LogP contribution in [-0.2, 0) is 22.5 Å². The van der Waals surface area contributed by atoms with Crippen LogP contribution in [0.3, 0.4) is 0 Å². The summed E-state index contributed by atoms with van der Waals surface area (Å²) in [7, 11) is 1.72. The van der Waals surface area contributed by atoms with Crippen molar-refractivity contribution in [2.75, 3.05) is 26.0 Å². The van der Waals surface area contributed by atoms with Crippen molar-refractivity contribution >= 4 is 17.7 Å². The molecule has 0 aliphatic carbocycles. The van der Waals surface area contributed by atoms with Gasteiger partial charge in [-0.25, -0.2) is 4.98 Å². The van der Waals surface area contributed by atoms with Crippen LogP contribution in [0.25, 0.3) is 0 Å². The van der Waals surface area contributed by atoms with E-state index in [9.17, 15) is 4.79 Å². The molecule has 0 unspecified atom stereocenters. The summed E-state index contributed by atoms with van der Waals surface area (Å²) in [5.41, 5.74) is 1.21. The number of amides is 1. The molecule has 5 nitrogen and oxygen atoms in total. The fourth-order valence-electron chi connectivity index (χ4n) is 3.22. The van der Waals surface area contributed by atoms with E-state index in [4.69, 9.17) is 4.74 Å². The molecule has 2 aliphatic rings. The minimum Gasteiger partial charge on any atom is -0.384 e. The van der Waals surface area contributed by atoms with Crippen LogP contribution < -0.4 is 0 Å². The standard InChI is InChI=1S/C15H23N3O2S/c1-11-14-16-10-12(5-8-20-2)18(14)7-6-17(11)15(19)13-4-3-9-21-13/h10-11,13H,3-9H2,1-2H3/t11-,13+/m0/s1. The zero-order valence-corrected chi connectivity index (χ0v) is 13.6. The van der Waals surface area contributed by atoms with Crippen molar-refractivity contribution in [2.45, 2.75) is 44.0 Å². The van der Waals surface area contributed by atoms with Gasteiger partial charge in [-0.2, -0.15) is 0 Å². The highest BCUT2D eigenvalue weighted by atomic mass is 32.2. The second-order valence-electron chi connectivity index (χ2n) is 5.71. The number of thioether (sulfide) groups is 1. The molecule has 0 spiro atoms. The molecule has 2 aliphatic heterocycles. The van der Waals surface area contributed by atoms with E-state index in [1.807, 2.05) is 22.9 Å². The lowest BCUT2D eigenvalue weighted by Gasteiger charge is -2.35. The molecule has 0 aromatic carbocycles. The number of hydrogen-bond donors (Lipinski definition) is 0. The van der Waals surface area contributed by atoms with Gasteiger partial charge in [0.2, 0.25) is 5.91 Å². The van der Waals surface area contributed by atoms with Crippen molar-refractivity contribution in [2.24, 2.45) is 0 Å². The third kappa shape index (κ3) is 2.83. The van der Waals surface area contributed by atoms with Crippen LogP contribution in [0.4, 0.5) is 0 Å². The average Bonchev–Trinajstić information content (AvgIpc) is 3.15. The van der Waals surface area contributed by atoms with Gasteiger partial charge < -0.3 is 14.2 Å². The van der Waals surface area contributed by atoms with Gasteiger partial charge >= 0.3 is 0 Å². The van der Waals surface area contributed by atoms with Gasteiger partial charge in [-0.15, -0.1) is 11.8 Å². The number of hydrogen-bond acceptors (Lipinski definition) is 4. The van der Waals surface area contributed by atoms with Crippen LogP contribution in [0.1, 0.15) is 37.3 Å². The van der Waals surface area contributed by atoms with Gasteiger partial charge in [0.1, 0.15) is 5.82 Å². The Morgan fingerprint density at radius 1 is 1.52 bits per heavy atom. The van der Waals surface area contributed by atoms with Gasteiger partial charge in [-0.3, -0.25) is 4.79 Å².